The van der Waals surface area contributed by atoms with E-state index in [-0.39, 0.29) is 5.91 Å². The van der Waals surface area contributed by atoms with Gasteiger partial charge in [-0.25, -0.2) is 0 Å². The summed E-state index contributed by atoms with van der Waals surface area (Å²) < 4.78 is 1.82. The Hall–Kier alpha value is -2.18. The van der Waals surface area contributed by atoms with Crippen molar-refractivity contribution < 1.29 is 9.90 Å². The van der Waals surface area contributed by atoms with E-state index in [1.54, 1.807) is 11.1 Å². The molecule has 1 aromatic heterocycles. The lowest BCUT2D eigenvalue weighted by Crippen LogP contribution is -2.37. The monoisotopic (exact) mass is 300 g/mol. The van der Waals surface area contributed by atoms with Gasteiger partial charge < -0.3 is 15.3 Å². The van der Waals surface area contributed by atoms with Gasteiger partial charge in [0.25, 0.3) is 5.91 Å². The number of hydrogen-bond donors (Lipinski definition) is 2. The van der Waals surface area contributed by atoms with Crippen LogP contribution in [0, 0.1) is 0 Å². The topological polar surface area (TPSA) is 70.4 Å². The lowest BCUT2D eigenvalue weighted by molar-refractivity contribution is 0.0673. The van der Waals surface area contributed by atoms with Crippen molar-refractivity contribution in [3.05, 3.63) is 53.9 Å². The van der Waals surface area contributed by atoms with Crippen LogP contribution >= 0.6 is 0 Å². The Balaban J connectivity index is 1.74. The van der Waals surface area contributed by atoms with Gasteiger partial charge in [-0.3, -0.25) is 9.48 Å². The van der Waals surface area contributed by atoms with Gasteiger partial charge in [0.1, 0.15) is 0 Å². The number of nitrogens with one attached hydrogen (secondary N) is 1. The lowest BCUT2D eigenvalue weighted by atomic mass is 10.1. The summed E-state index contributed by atoms with van der Waals surface area (Å²) >= 11 is 0. The fraction of sp³-hybridized carbons (Fsp3) is 0.375. The van der Waals surface area contributed by atoms with Gasteiger partial charge >= 0.3 is 0 Å². The molecular weight excluding hydrogens is 280 g/mol. The molecule has 0 radical (unpaired) electrons. The van der Waals surface area contributed by atoms with Crippen molar-refractivity contribution in [3.63, 3.8) is 0 Å². The summed E-state index contributed by atoms with van der Waals surface area (Å²) in [7, 11) is 0. The molecule has 116 valence electrons. The van der Waals surface area contributed by atoms with E-state index >= 15 is 0 Å². The van der Waals surface area contributed by atoms with Gasteiger partial charge in [-0.2, -0.15) is 5.10 Å². The third kappa shape index (κ3) is 3.52. The molecular formula is C16H20N4O2. The van der Waals surface area contributed by atoms with Crippen molar-refractivity contribution in [1.29, 1.82) is 0 Å². The van der Waals surface area contributed by atoms with Gasteiger partial charge in [0.15, 0.2) is 0 Å². The first-order valence-corrected chi connectivity index (χ1v) is 7.47. The van der Waals surface area contributed by atoms with Gasteiger partial charge in [-0.05, 0) is 23.8 Å². The molecule has 0 saturated carbocycles. The van der Waals surface area contributed by atoms with Crippen LogP contribution < -0.4 is 5.32 Å². The minimum atomic E-state index is -0.515. The summed E-state index contributed by atoms with van der Waals surface area (Å²) in [4.78, 5) is 14.3. The zero-order valence-corrected chi connectivity index (χ0v) is 12.4. The Bertz CT molecular complexity index is 627. The maximum Gasteiger partial charge on any atom is 0.253 e. The first-order chi connectivity index (χ1) is 10.7. The summed E-state index contributed by atoms with van der Waals surface area (Å²) in [5, 5.41) is 17.1. The Labute approximate surface area is 129 Å². The molecule has 1 fully saturated rings. The number of hydrogen-bond acceptors (Lipinski definition) is 4. The maximum atomic E-state index is 12.6. The second-order valence-corrected chi connectivity index (χ2v) is 5.51. The predicted molar refractivity (Wildman–Crippen MR) is 82.6 cm³/mol. The Kier molecular flexibility index (Phi) is 4.50. The highest BCUT2D eigenvalue weighted by molar-refractivity contribution is 5.94. The van der Waals surface area contributed by atoms with E-state index < -0.39 is 6.10 Å². The quantitative estimate of drug-likeness (QED) is 0.857. The highest BCUT2D eigenvalue weighted by atomic mass is 16.3. The number of aliphatic hydroxyl groups is 1. The van der Waals surface area contributed by atoms with Crippen molar-refractivity contribution in [2.45, 2.75) is 12.6 Å². The average Bonchev–Trinajstić information content (AvgIpc) is 2.93. The molecule has 1 aliphatic heterocycles. The van der Waals surface area contributed by atoms with E-state index in [1.165, 1.54) is 0 Å². The third-order valence-electron chi connectivity index (χ3n) is 3.73. The van der Waals surface area contributed by atoms with Gasteiger partial charge in [-0.15, -0.1) is 0 Å². The van der Waals surface area contributed by atoms with Gasteiger partial charge in [0.2, 0.25) is 0 Å². The molecule has 1 amide bonds. The number of amides is 1. The number of β-amino-alcohol motifs (C(OH)–C–C–N with tert-alkyl or cyclic N) is 1. The van der Waals surface area contributed by atoms with Crippen LogP contribution in [0.25, 0.3) is 0 Å². The molecule has 2 heterocycles. The molecule has 2 N–H and O–H groups in total. The molecule has 0 spiro atoms. The van der Waals surface area contributed by atoms with Crippen molar-refractivity contribution in [2.75, 3.05) is 26.2 Å². The van der Waals surface area contributed by atoms with E-state index in [2.05, 4.69) is 10.4 Å². The normalized spacial score (nSPS) is 19.0. The minimum absolute atomic E-state index is 0.0370. The fourth-order valence-electron chi connectivity index (χ4n) is 2.64. The van der Waals surface area contributed by atoms with Crippen LogP contribution in [-0.2, 0) is 6.54 Å². The predicted octanol–water partition coefficient (Wildman–Crippen LogP) is 0.338. The number of rotatable bonds is 3. The largest absolute Gasteiger partial charge is 0.390 e. The molecule has 0 aliphatic carbocycles. The first-order valence-electron chi connectivity index (χ1n) is 7.47. The maximum absolute atomic E-state index is 12.6. The molecule has 2 aromatic rings. The highest BCUT2D eigenvalue weighted by Gasteiger charge is 2.21. The van der Waals surface area contributed by atoms with Crippen LogP contribution in [0.2, 0.25) is 0 Å². The summed E-state index contributed by atoms with van der Waals surface area (Å²) in [5.41, 5.74) is 1.68. The number of aliphatic hydroxyl groups excluding tert-OH is 1. The molecule has 1 atom stereocenters. The van der Waals surface area contributed by atoms with Crippen LogP contribution in [0.4, 0.5) is 0 Å². The summed E-state index contributed by atoms with van der Waals surface area (Å²) in [6.07, 6.45) is 3.12. The number of carbonyl (C=O) groups excluding carboxylic acids is 1. The van der Waals surface area contributed by atoms with Crippen LogP contribution in [0.3, 0.4) is 0 Å². The number of aromatic nitrogens is 2. The van der Waals surface area contributed by atoms with Crippen molar-refractivity contribution in [1.82, 2.24) is 20.0 Å². The molecule has 6 heteroatoms. The van der Waals surface area contributed by atoms with E-state index in [1.807, 2.05) is 41.2 Å². The molecule has 22 heavy (non-hydrogen) atoms. The van der Waals surface area contributed by atoms with E-state index in [9.17, 15) is 9.90 Å². The number of nitrogens with zero attached hydrogens (tertiary/aromatic N) is 3. The number of carbonyl (C=O) groups is 1. The van der Waals surface area contributed by atoms with E-state index in [4.69, 9.17) is 0 Å². The molecule has 3 rings (SSSR count). The Morgan fingerprint density at radius 1 is 1.41 bits per heavy atom. The van der Waals surface area contributed by atoms with Crippen molar-refractivity contribution >= 4 is 5.91 Å². The summed E-state index contributed by atoms with van der Waals surface area (Å²) in [6, 6.07) is 9.46. The first kappa shape index (κ1) is 14.7. The average molecular weight is 300 g/mol. The van der Waals surface area contributed by atoms with Crippen LogP contribution in [0.15, 0.2) is 42.7 Å². The van der Waals surface area contributed by atoms with Crippen LogP contribution in [0.5, 0.6) is 0 Å². The Morgan fingerprint density at radius 2 is 2.32 bits per heavy atom. The third-order valence-corrected chi connectivity index (χ3v) is 3.73. The van der Waals surface area contributed by atoms with Gasteiger partial charge in [0.05, 0.1) is 12.6 Å². The fourth-order valence-corrected chi connectivity index (χ4v) is 2.64. The zero-order valence-electron chi connectivity index (χ0n) is 12.4. The second kappa shape index (κ2) is 6.72. The minimum Gasteiger partial charge on any atom is -0.390 e. The molecule has 1 saturated heterocycles. The SMILES string of the molecule is O=C(c1cccc(Cn2cccn2)c1)N1CCNC[C@@H](O)C1. The number of benzene rings is 1. The van der Waals surface area contributed by atoms with Crippen molar-refractivity contribution in [2.24, 2.45) is 0 Å². The van der Waals surface area contributed by atoms with Gasteiger partial charge in [0, 0.05) is 44.1 Å². The Morgan fingerprint density at radius 3 is 3.14 bits per heavy atom. The van der Waals surface area contributed by atoms with Crippen LogP contribution in [0.1, 0.15) is 15.9 Å². The second-order valence-electron chi connectivity index (χ2n) is 5.51. The van der Waals surface area contributed by atoms with Crippen LogP contribution in [-0.4, -0.2) is 58.0 Å². The molecule has 0 unspecified atom stereocenters. The van der Waals surface area contributed by atoms with E-state index in [0.29, 0.717) is 38.3 Å². The van der Waals surface area contributed by atoms with Gasteiger partial charge in [-0.1, -0.05) is 12.1 Å². The van der Waals surface area contributed by atoms with E-state index in [0.717, 1.165) is 5.56 Å². The molecule has 1 aromatic carbocycles. The molecule has 1 aliphatic rings. The summed E-state index contributed by atoms with van der Waals surface area (Å²) in [6.45, 7) is 2.85. The van der Waals surface area contributed by atoms with Crippen molar-refractivity contribution in [3.8, 4) is 0 Å². The lowest BCUT2D eigenvalue weighted by Gasteiger charge is -2.22. The molecule has 6 nitrogen and oxygen atoms in total. The summed E-state index contributed by atoms with van der Waals surface area (Å²) in [5.74, 6) is -0.0370. The standard InChI is InChI=1S/C16H20N4O2/c21-15-10-17-6-8-19(12-15)16(22)14-4-1-3-13(9-14)11-20-7-2-5-18-20/h1-5,7,9,15,17,21H,6,8,10-12H2/t15-/m1/s1. The molecule has 0 bridgehead atoms. The smallest absolute Gasteiger partial charge is 0.253 e. The zero-order chi connectivity index (χ0) is 15.4. The highest BCUT2D eigenvalue weighted by Crippen LogP contribution is 2.11.